The lowest BCUT2D eigenvalue weighted by atomic mass is 10.2. The molecule has 3 rings (SSSR count). The second-order valence-electron chi connectivity index (χ2n) is 5.36. The molecule has 1 aliphatic heterocycles. The Morgan fingerprint density at radius 2 is 1.88 bits per heavy atom. The van der Waals surface area contributed by atoms with Gasteiger partial charge in [0.15, 0.2) is 6.10 Å². The molecule has 1 atom stereocenters. The normalized spacial score (nSPS) is 16.9. The molecule has 1 aliphatic rings. The topological polar surface area (TPSA) is 75.7 Å². The molecular formula is C16H15BrN2O4S. The van der Waals surface area contributed by atoms with Crippen LogP contribution < -0.4 is 14.4 Å². The Bertz CT molecular complexity index is 868. The number of amides is 1. The fraction of sp³-hybridized carbons (Fsp3) is 0.188. The first kappa shape index (κ1) is 16.8. The molecule has 0 spiro atoms. The van der Waals surface area contributed by atoms with Gasteiger partial charge >= 0.3 is 0 Å². The molecule has 0 aliphatic carbocycles. The maximum Gasteiger partial charge on any atom is 0.267 e. The van der Waals surface area contributed by atoms with E-state index in [1.807, 2.05) is 0 Å². The molecule has 0 saturated carbocycles. The Morgan fingerprint density at radius 1 is 1.21 bits per heavy atom. The van der Waals surface area contributed by atoms with Crippen LogP contribution in [0.4, 0.5) is 11.4 Å². The Hall–Kier alpha value is -2.06. The molecule has 0 fully saturated rings. The number of anilines is 2. The highest BCUT2D eigenvalue weighted by Gasteiger charge is 2.34. The zero-order valence-electron chi connectivity index (χ0n) is 12.8. The van der Waals surface area contributed by atoms with Crippen molar-refractivity contribution in [2.24, 2.45) is 0 Å². The van der Waals surface area contributed by atoms with E-state index in [0.717, 1.165) is 10.7 Å². The minimum absolute atomic E-state index is 0.0712. The van der Waals surface area contributed by atoms with Crippen molar-refractivity contribution in [1.29, 1.82) is 0 Å². The van der Waals surface area contributed by atoms with Crippen LogP contribution in [0.1, 0.15) is 0 Å². The van der Waals surface area contributed by atoms with Crippen LogP contribution in [0, 0.1) is 0 Å². The number of hydrogen-bond acceptors (Lipinski definition) is 4. The number of hydrogen-bond donors (Lipinski definition) is 1. The number of ether oxygens (including phenoxy) is 1. The zero-order chi connectivity index (χ0) is 17.3. The van der Waals surface area contributed by atoms with E-state index >= 15 is 0 Å². The molecule has 1 N–H and O–H groups in total. The summed E-state index contributed by atoms with van der Waals surface area (Å²) in [5.41, 5.74) is 1.05. The highest BCUT2D eigenvalue weighted by molar-refractivity contribution is 9.10. The summed E-state index contributed by atoms with van der Waals surface area (Å²) in [6.07, 6.45) is 0.178. The molecule has 1 heterocycles. The summed E-state index contributed by atoms with van der Waals surface area (Å²) in [6, 6.07) is 13.8. The van der Waals surface area contributed by atoms with Gasteiger partial charge in [0.1, 0.15) is 5.75 Å². The molecule has 2 aromatic carbocycles. The lowest BCUT2D eigenvalue weighted by Gasteiger charge is -2.33. The first-order valence-electron chi connectivity index (χ1n) is 7.14. The van der Waals surface area contributed by atoms with Gasteiger partial charge in [0.2, 0.25) is 10.0 Å². The Balaban J connectivity index is 1.85. The average Bonchev–Trinajstić information content (AvgIpc) is 2.55. The van der Waals surface area contributed by atoms with Crippen LogP contribution in [0.3, 0.4) is 0 Å². The Morgan fingerprint density at radius 3 is 2.54 bits per heavy atom. The first-order chi connectivity index (χ1) is 11.3. The SMILES string of the molecule is CS(=O)(=O)N1CC(C(=O)Nc2ccc(Br)cc2)Oc2ccccc21. The number of sulfonamides is 1. The summed E-state index contributed by atoms with van der Waals surface area (Å²) in [5.74, 6) is -0.0365. The van der Waals surface area contributed by atoms with Crippen molar-refractivity contribution >= 4 is 43.2 Å². The smallest absolute Gasteiger partial charge is 0.267 e. The monoisotopic (exact) mass is 410 g/mol. The standard InChI is InChI=1S/C16H15BrN2O4S/c1-24(21,22)19-10-15(23-14-5-3-2-4-13(14)19)16(20)18-12-8-6-11(17)7-9-12/h2-9,15H,10H2,1H3,(H,18,20). The molecule has 0 bridgehead atoms. The summed E-state index contributed by atoms with van der Waals surface area (Å²) < 4.78 is 31.9. The van der Waals surface area contributed by atoms with E-state index in [1.165, 1.54) is 4.31 Å². The molecule has 24 heavy (non-hydrogen) atoms. The number of nitrogens with one attached hydrogen (secondary N) is 1. The van der Waals surface area contributed by atoms with E-state index < -0.39 is 22.0 Å². The lowest BCUT2D eigenvalue weighted by molar-refractivity contribution is -0.122. The molecule has 126 valence electrons. The predicted octanol–water partition coefficient (Wildman–Crippen LogP) is 2.61. The maximum atomic E-state index is 12.5. The lowest BCUT2D eigenvalue weighted by Crippen LogP contribution is -2.48. The van der Waals surface area contributed by atoms with E-state index in [-0.39, 0.29) is 6.54 Å². The van der Waals surface area contributed by atoms with E-state index in [2.05, 4.69) is 21.2 Å². The van der Waals surface area contributed by atoms with Crippen LogP contribution in [0.5, 0.6) is 5.75 Å². The van der Waals surface area contributed by atoms with E-state index in [0.29, 0.717) is 17.1 Å². The molecule has 0 aromatic heterocycles. The highest BCUT2D eigenvalue weighted by Crippen LogP contribution is 2.34. The Labute approximate surface area is 148 Å². The van der Waals surface area contributed by atoms with Gasteiger partial charge in [-0.3, -0.25) is 9.10 Å². The van der Waals surface area contributed by atoms with Crippen LogP contribution in [-0.2, 0) is 14.8 Å². The van der Waals surface area contributed by atoms with Crippen LogP contribution in [0.15, 0.2) is 53.0 Å². The van der Waals surface area contributed by atoms with Crippen molar-refractivity contribution < 1.29 is 17.9 Å². The fourth-order valence-corrected chi connectivity index (χ4v) is 3.59. The number of benzene rings is 2. The van der Waals surface area contributed by atoms with Gasteiger partial charge in [-0.1, -0.05) is 28.1 Å². The maximum absolute atomic E-state index is 12.5. The average molecular weight is 411 g/mol. The van der Waals surface area contributed by atoms with Gasteiger partial charge in [-0.25, -0.2) is 8.42 Å². The van der Waals surface area contributed by atoms with Crippen molar-refractivity contribution in [3.63, 3.8) is 0 Å². The largest absolute Gasteiger partial charge is 0.476 e. The number of fused-ring (bicyclic) bond motifs is 1. The van der Waals surface area contributed by atoms with Gasteiger partial charge in [0.25, 0.3) is 5.91 Å². The second-order valence-corrected chi connectivity index (χ2v) is 8.19. The summed E-state index contributed by atoms with van der Waals surface area (Å²) >= 11 is 3.33. The minimum atomic E-state index is -3.52. The number of carbonyl (C=O) groups is 1. The van der Waals surface area contributed by atoms with Crippen LogP contribution >= 0.6 is 15.9 Å². The van der Waals surface area contributed by atoms with Gasteiger partial charge < -0.3 is 10.1 Å². The molecule has 2 aromatic rings. The molecular weight excluding hydrogens is 396 g/mol. The van der Waals surface area contributed by atoms with E-state index in [1.54, 1.807) is 48.5 Å². The van der Waals surface area contributed by atoms with Crippen molar-refractivity contribution in [3.8, 4) is 5.75 Å². The summed E-state index contributed by atoms with van der Waals surface area (Å²) in [6.45, 7) is -0.0712. The van der Waals surface area contributed by atoms with Gasteiger partial charge in [0.05, 0.1) is 18.5 Å². The van der Waals surface area contributed by atoms with Gasteiger partial charge in [-0.2, -0.15) is 0 Å². The van der Waals surface area contributed by atoms with Gasteiger partial charge in [-0.05, 0) is 36.4 Å². The third-order valence-electron chi connectivity index (χ3n) is 3.54. The van der Waals surface area contributed by atoms with Crippen molar-refractivity contribution in [2.75, 3.05) is 22.4 Å². The molecule has 1 amide bonds. The van der Waals surface area contributed by atoms with E-state index in [4.69, 9.17) is 4.74 Å². The predicted molar refractivity (Wildman–Crippen MR) is 95.8 cm³/mol. The minimum Gasteiger partial charge on any atom is -0.476 e. The highest BCUT2D eigenvalue weighted by atomic mass is 79.9. The van der Waals surface area contributed by atoms with Crippen molar-refractivity contribution in [2.45, 2.75) is 6.10 Å². The first-order valence-corrected chi connectivity index (χ1v) is 9.78. The number of carbonyl (C=O) groups excluding carboxylic acids is 1. The molecule has 1 unspecified atom stereocenters. The molecule has 6 nitrogen and oxygen atoms in total. The quantitative estimate of drug-likeness (QED) is 0.843. The fourth-order valence-electron chi connectivity index (χ4n) is 2.41. The summed E-state index contributed by atoms with van der Waals surface area (Å²) in [5, 5.41) is 2.74. The van der Waals surface area contributed by atoms with Crippen LogP contribution in [0.25, 0.3) is 0 Å². The molecule has 0 saturated heterocycles. The van der Waals surface area contributed by atoms with Crippen LogP contribution in [-0.4, -0.2) is 33.2 Å². The molecule has 8 heteroatoms. The molecule has 0 radical (unpaired) electrons. The number of halogens is 1. The van der Waals surface area contributed by atoms with Crippen molar-refractivity contribution in [3.05, 3.63) is 53.0 Å². The summed E-state index contributed by atoms with van der Waals surface area (Å²) in [4.78, 5) is 12.5. The number of para-hydroxylation sites is 2. The third kappa shape index (κ3) is 3.54. The van der Waals surface area contributed by atoms with Gasteiger partial charge in [-0.15, -0.1) is 0 Å². The van der Waals surface area contributed by atoms with Crippen LogP contribution in [0.2, 0.25) is 0 Å². The summed E-state index contributed by atoms with van der Waals surface area (Å²) in [7, 11) is -3.52. The second kappa shape index (κ2) is 6.45. The zero-order valence-corrected chi connectivity index (χ0v) is 15.2. The van der Waals surface area contributed by atoms with Gasteiger partial charge in [0, 0.05) is 10.2 Å². The van der Waals surface area contributed by atoms with Crippen molar-refractivity contribution in [1.82, 2.24) is 0 Å². The number of rotatable bonds is 3. The Kier molecular flexibility index (Phi) is 4.51. The number of nitrogens with zero attached hydrogens (tertiary/aromatic N) is 1. The third-order valence-corrected chi connectivity index (χ3v) is 5.21. The van der Waals surface area contributed by atoms with E-state index in [9.17, 15) is 13.2 Å².